The minimum absolute atomic E-state index is 0.0174. The number of ketones is 1. The van der Waals surface area contributed by atoms with Crippen molar-refractivity contribution in [2.24, 2.45) is 11.8 Å². The molecule has 2 aliphatic rings. The Morgan fingerprint density at radius 2 is 2.00 bits per heavy atom. The highest BCUT2D eigenvalue weighted by Crippen LogP contribution is 2.42. The lowest BCUT2D eigenvalue weighted by molar-refractivity contribution is 0.0924. The molecular weight excluding hydrogens is 344 g/mol. The van der Waals surface area contributed by atoms with Gasteiger partial charge in [-0.2, -0.15) is 0 Å². The Kier molecular flexibility index (Phi) is 4.44. The maximum atomic E-state index is 13.6. The van der Waals surface area contributed by atoms with Crippen LogP contribution in [0.3, 0.4) is 0 Å². The summed E-state index contributed by atoms with van der Waals surface area (Å²) in [5.74, 6) is 0.784. The summed E-state index contributed by atoms with van der Waals surface area (Å²) in [6.45, 7) is 0. The molecule has 1 heterocycles. The number of aromatic nitrogens is 2. The van der Waals surface area contributed by atoms with E-state index in [1.165, 1.54) is 16.8 Å². The van der Waals surface area contributed by atoms with Crippen molar-refractivity contribution >= 4 is 16.6 Å². The highest BCUT2D eigenvalue weighted by Gasteiger charge is 2.34. The van der Waals surface area contributed by atoms with Crippen LogP contribution in [-0.4, -0.2) is 15.8 Å². The minimum atomic E-state index is 0.0174. The van der Waals surface area contributed by atoms with Crippen LogP contribution in [0, 0.1) is 11.8 Å². The molecule has 0 saturated heterocycles. The van der Waals surface area contributed by atoms with E-state index in [9.17, 15) is 4.79 Å². The summed E-state index contributed by atoms with van der Waals surface area (Å²) in [7, 11) is 0. The molecule has 0 saturated carbocycles. The lowest BCUT2D eigenvalue weighted by Crippen LogP contribution is -2.27. The second-order valence-corrected chi connectivity index (χ2v) is 7.92. The number of hydrogen-bond acceptors (Lipinski definition) is 2. The standard InChI is InChI=1S/C25H24N2O/c28-25(23-11-5-7-17-6-1-2-8-20(17)23)24-13-12-18(14-19-15-26-16-27-19)21-9-3-4-10-22(21)24/h1-3,5-9,11,15-16,18,24H,4,10,12-14H2,(H,26,27). The molecule has 0 amide bonds. The van der Waals surface area contributed by atoms with Crippen LogP contribution in [0.2, 0.25) is 0 Å². The van der Waals surface area contributed by atoms with Gasteiger partial charge in [0.15, 0.2) is 5.78 Å². The second-order valence-electron chi connectivity index (χ2n) is 7.92. The van der Waals surface area contributed by atoms with Crippen molar-refractivity contribution in [1.82, 2.24) is 9.97 Å². The van der Waals surface area contributed by atoms with E-state index in [-0.39, 0.29) is 5.92 Å². The number of benzene rings is 2. The molecule has 1 N–H and O–H groups in total. The molecule has 3 aromatic rings. The van der Waals surface area contributed by atoms with Crippen LogP contribution in [0.5, 0.6) is 0 Å². The van der Waals surface area contributed by atoms with E-state index in [1.807, 2.05) is 30.5 Å². The Morgan fingerprint density at radius 3 is 2.89 bits per heavy atom. The number of imidazole rings is 1. The van der Waals surface area contributed by atoms with Crippen molar-refractivity contribution in [3.8, 4) is 0 Å². The molecule has 0 bridgehead atoms. The quantitative estimate of drug-likeness (QED) is 0.604. The van der Waals surface area contributed by atoms with Crippen LogP contribution in [0.1, 0.15) is 41.7 Å². The largest absolute Gasteiger partial charge is 0.348 e. The maximum absolute atomic E-state index is 13.6. The smallest absolute Gasteiger partial charge is 0.170 e. The molecule has 2 unspecified atom stereocenters. The third-order valence-electron chi connectivity index (χ3n) is 6.31. The van der Waals surface area contributed by atoms with Gasteiger partial charge in [-0.1, -0.05) is 60.2 Å². The predicted octanol–water partition coefficient (Wildman–Crippen LogP) is 5.66. The van der Waals surface area contributed by atoms with Gasteiger partial charge in [0.1, 0.15) is 0 Å². The zero-order chi connectivity index (χ0) is 18.9. The zero-order valence-corrected chi connectivity index (χ0v) is 15.9. The Bertz CT molecular complexity index is 1070. The van der Waals surface area contributed by atoms with Crippen LogP contribution in [0.25, 0.3) is 10.8 Å². The third-order valence-corrected chi connectivity index (χ3v) is 6.31. The summed E-state index contributed by atoms with van der Waals surface area (Å²) in [5, 5.41) is 2.21. The molecule has 0 aliphatic heterocycles. The van der Waals surface area contributed by atoms with Crippen molar-refractivity contribution in [3.63, 3.8) is 0 Å². The van der Waals surface area contributed by atoms with Gasteiger partial charge in [-0.3, -0.25) is 4.79 Å². The number of Topliss-reactive ketones (excluding diaryl/α,β-unsaturated/α-hetero) is 1. The highest BCUT2D eigenvalue weighted by molar-refractivity contribution is 6.10. The fourth-order valence-electron chi connectivity index (χ4n) is 4.96. The average Bonchev–Trinajstić information content (AvgIpc) is 3.26. The van der Waals surface area contributed by atoms with Crippen molar-refractivity contribution in [3.05, 3.63) is 89.5 Å². The molecule has 2 aliphatic carbocycles. The number of aromatic amines is 1. The molecule has 3 heteroatoms. The summed E-state index contributed by atoms with van der Waals surface area (Å²) in [4.78, 5) is 21.0. The van der Waals surface area contributed by atoms with Crippen molar-refractivity contribution in [2.45, 2.75) is 32.1 Å². The van der Waals surface area contributed by atoms with Crippen LogP contribution in [0.15, 0.2) is 78.3 Å². The van der Waals surface area contributed by atoms with Gasteiger partial charge in [-0.05, 0) is 54.4 Å². The van der Waals surface area contributed by atoms with Gasteiger partial charge in [0.2, 0.25) is 0 Å². The van der Waals surface area contributed by atoms with Crippen LogP contribution >= 0.6 is 0 Å². The third kappa shape index (κ3) is 3.01. The van der Waals surface area contributed by atoms with E-state index >= 15 is 0 Å². The summed E-state index contributed by atoms with van der Waals surface area (Å²) in [6, 6.07) is 14.3. The van der Waals surface area contributed by atoms with Gasteiger partial charge in [-0.15, -0.1) is 0 Å². The number of hydrogen-bond donors (Lipinski definition) is 1. The average molecular weight is 368 g/mol. The molecule has 5 rings (SSSR count). The van der Waals surface area contributed by atoms with Crippen molar-refractivity contribution in [1.29, 1.82) is 0 Å². The molecule has 28 heavy (non-hydrogen) atoms. The minimum Gasteiger partial charge on any atom is -0.348 e. The lowest BCUT2D eigenvalue weighted by Gasteiger charge is -2.34. The molecular formula is C25H24N2O. The lowest BCUT2D eigenvalue weighted by atomic mass is 9.69. The first-order valence-corrected chi connectivity index (χ1v) is 10.2. The van der Waals surface area contributed by atoms with Crippen LogP contribution < -0.4 is 0 Å². The molecule has 0 radical (unpaired) electrons. The van der Waals surface area contributed by atoms with E-state index in [1.54, 1.807) is 6.33 Å². The molecule has 1 aromatic heterocycles. The normalized spacial score (nSPS) is 21.7. The van der Waals surface area contributed by atoms with Gasteiger partial charge >= 0.3 is 0 Å². The Balaban J connectivity index is 1.51. The van der Waals surface area contributed by atoms with Crippen molar-refractivity contribution in [2.75, 3.05) is 0 Å². The monoisotopic (exact) mass is 368 g/mol. The Morgan fingerprint density at radius 1 is 1.11 bits per heavy atom. The number of nitrogens with zero attached hydrogens (tertiary/aromatic N) is 1. The summed E-state index contributed by atoms with van der Waals surface area (Å²) in [5.41, 5.74) is 4.81. The first-order valence-electron chi connectivity index (χ1n) is 10.2. The van der Waals surface area contributed by atoms with E-state index < -0.39 is 0 Å². The first-order chi connectivity index (χ1) is 13.8. The molecule has 3 nitrogen and oxygen atoms in total. The second kappa shape index (κ2) is 7.23. The fraction of sp³-hybridized carbons (Fsp3) is 0.280. The van der Waals surface area contributed by atoms with Crippen LogP contribution in [0.4, 0.5) is 0 Å². The molecule has 0 spiro atoms. The van der Waals surface area contributed by atoms with Crippen molar-refractivity contribution < 1.29 is 4.79 Å². The predicted molar refractivity (Wildman–Crippen MR) is 112 cm³/mol. The number of rotatable bonds is 4. The number of fused-ring (bicyclic) bond motifs is 1. The number of allylic oxidation sites excluding steroid dienone is 4. The maximum Gasteiger partial charge on any atom is 0.170 e. The van der Waals surface area contributed by atoms with E-state index in [0.29, 0.717) is 11.7 Å². The Labute approximate surface area is 165 Å². The van der Waals surface area contributed by atoms with Gasteiger partial charge < -0.3 is 4.98 Å². The number of H-pyrrole nitrogens is 1. The zero-order valence-electron chi connectivity index (χ0n) is 15.9. The van der Waals surface area contributed by atoms with E-state index in [0.717, 1.165) is 48.4 Å². The fourth-order valence-corrected chi connectivity index (χ4v) is 4.96. The summed E-state index contributed by atoms with van der Waals surface area (Å²) in [6.07, 6.45) is 13.2. The first kappa shape index (κ1) is 17.2. The molecule has 0 fully saturated rings. The highest BCUT2D eigenvalue weighted by atomic mass is 16.1. The van der Waals surface area contributed by atoms with E-state index in [4.69, 9.17) is 0 Å². The SMILES string of the molecule is O=C(c1cccc2ccccc12)C1CCC(Cc2cnc[nH]2)C2=C1CCC=C2. The summed E-state index contributed by atoms with van der Waals surface area (Å²) >= 11 is 0. The van der Waals surface area contributed by atoms with Crippen LogP contribution in [-0.2, 0) is 6.42 Å². The van der Waals surface area contributed by atoms with Gasteiger partial charge in [-0.25, -0.2) is 4.98 Å². The molecule has 2 atom stereocenters. The number of carbonyl (C=O) groups excluding carboxylic acids is 1. The number of carbonyl (C=O) groups is 1. The van der Waals surface area contributed by atoms with E-state index in [2.05, 4.69) is 40.3 Å². The molecule has 140 valence electrons. The topological polar surface area (TPSA) is 45.8 Å². The molecule has 2 aromatic carbocycles. The van der Waals surface area contributed by atoms with Gasteiger partial charge in [0.05, 0.1) is 6.33 Å². The van der Waals surface area contributed by atoms with Gasteiger partial charge in [0, 0.05) is 23.4 Å². The Hall–Kier alpha value is -2.94. The summed E-state index contributed by atoms with van der Waals surface area (Å²) < 4.78 is 0. The number of nitrogens with one attached hydrogen (secondary N) is 1. The van der Waals surface area contributed by atoms with Gasteiger partial charge in [0.25, 0.3) is 0 Å².